The summed E-state index contributed by atoms with van der Waals surface area (Å²) in [6.07, 6.45) is 0. The van der Waals surface area contributed by atoms with Gasteiger partial charge < -0.3 is 8.98 Å². The highest BCUT2D eigenvalue weighted by Crippen LogP contribution is 2.52. The van der Waals surface area contributed by atoms with E-state index in [0.717, 1.165) is 16.9 Å². The number of benzene rings is 8. The van der Waals surface area contributed by atoms with Crippen molar-refractivity contribution < 1.29 is 4.42 Å². The van der Waals surface area contributed by atoms with Crippen molar-refractivity contribution in [2.75, 3.05) is 0 Å². The van der Waals surface area contributed by atoms with Crippen LogP contribution in [0.4, 0.5) is 0 Å². The SMILES string of the molecule is CC1(C)c2cc(-c3cccc(-n4c5ccc(-c6ccccc6)cc5c5cc(-c6ccccc6)ccc54)c3)ccc2-c2cc3oc4ccccc4c3cc21. The zero-order chi connectivity index (χ0) is 35.3. The van der Waals surface area contributed by atoms with Gasteiger partial charge in [0.05, 0.1) is 11.0 Å². The highest BCUT2D eigenvalue weighted by molar-refractivity contribution is 6.12. The van der Waals surface area contributed by atoms with Crippen molar-refractivity contribution in [3.8, 4) is 50.2 Å². The normalized spacial score (nSPS) is 13.2. The predicted molar refractivity (Wildman–Crippen MR) is 222 cm³/mol. The third-order valence-corrected chi connectivity index (χ3v) is 11.6. The fourth-order valence-electron chi connectivity index (χ4n) is 8.88. The summed E-state index contributed by atoms with van der Waals surface area (Å²) >= 11 is 0. The van der Waals surface area contributed by atoms with E-state index in [9.17, 15) is 0 Å². The van der Waals surface area contributed by atoms with Gasteiger partial charge in [0.15, 0.2) is 0 Å². The molecule has 8 aromatic carbocycles. The number of fused-ring (bicyclic) bond motifs is 9. The molecule has 0 atom stereocenters. The Bertz CT molecular complexity index is 2970. The fourth-order valence-corrected chi connectivity index (χ4v) is 8.88. The van der Waals surface area contributed by atoms with E-state index in [0.29, 0.717) is 0 Å². The molecule has 53 heavy (non-hydrogen) atoms. The van der Waals surface area contributed by atoms with E-state index in [1.165, 1.54) is 88.2 Å². The van der Waals surface area contributed by atoms with Crippen LogP contribution in [0.1, 0.15) is 25.0 Å². The molecule has 2 heterocycles. The van der Waals surface area contributed by atoms with Crippen LogP contribution in [0.3, 0.4) is 0 Å². The lowest BCUT2D eigenvalue weighted by Gasteiger charge is -2.22. The minimum atomic E-state index is -0.148. The van der Waals surface area contributed by atoms with E-state index >= 15 is 0 Å². The number of nitrogens with zero attached hydrogens (tertiary/aromatic N) is 1. The van der Waals surface area contributed by atoms with E-state index < -0.39 is 0 Å². The van der Waals surface area contributed by atoms with Crippen LogP contribution in [0.15, 0.2) is 180 Å². The summed E-state index contributed by atoms with van der Waals surface area (Å²) < 4.78 is 8.75. The Morgan fingerprint density at radius 1 is 0.377 bits per heavy atom. The first-order chi connectivity index (χ1) is 26.0. The average molecular weight is 678 g/mol. The topological polar surface area (TPSA) is 18.1 Å². The van der Waals surface area contributed by atoms with Gasteiger partial charge in [-0.3, -0.25) is 0 Å². The first-order valence-corrected chi connectivity index (χ1v) is 18.4. The van der Waals surface area contributed by atoms with Gasteiger partial charge >= 0.3 is 0 Å². The van der Waals surface area contributed by atoms with Gasteiger partial charge in [0.1, 0.15) is 11.2 Å². The Morgan fingerprint density at radius 2 is 0.943 bits per heavy atom. The van der Waals surface area contributed by atoms with Crippen LogP contribution < -0.4 is 0 Å². The molecule has 0 saturated heterocycles. The predicted octanol–water partition coefficient (Wildman–Crippen LogP) is 14.0. The van der Waals surface area contributed by atoms with Crippen molar-refractivity contribution in [3.63, 3.8) is 0 Å². The van der Waals surface area contributed by atoms with E-state index in [-0.39, 0.29) is 5.41 Å². The van der Waals surface area contributed by atoms with Gasteiger partial charge in [0, 0.05) is 32.6 Å². The summed E-state index contributed by atoms with van der Waals surface area (Å²) in [5.41, 5.74) is 17.9. The van der Waals surface area contributed by atoms with Gasteiger partial charge in [0.25, 0.3) is 0 Å². The summed E-state index contributed by atoms with van der Waals surface area (Å²) in [6, 6.07) is 64.2. The molecular weight excluding hydrogens is 643 g/mol. The number of para-hydroxylation sites is 1. The average Bonchev–Trinajstić information content (AvgIpc) is 3.82. The zero-order valence-corrected chi connectivity index (χ0v) is 29.6. The molecule has 0 bridgehead atoms. The Kier molecular flexibility index (Phi) is 6.33. The van der Waals surface area contributed by atoms with Crippen molar-refractivity contribution in [2.45, 2.75) is 19.3 Å². The summed E-state index contributed by atoms with van der Waals surface area (Å²) in [5.74, 6) is 0. The Hall–Kier alpha value is -6.64. The van der Waals surface area contributed by atoms with E-state index in [2.05, 4.69) is 188 Å². The van der Waals surface area contributed by atoms with Gasteiger partial charge in [-0.15, -0.1) is 0 Å². The van der Waals surface area contributed by atoms with Gasteiger partial charge in [-0.25, -0.2) is 0 Å². The van der Waals surface area contributed by atoms with Gasteiger partial charge in [-0.2, -0.15) is 0 Å². The molecule has 11 rings (SSSR count). The molecule has 2 heteroatoms. The number of rotatable bonds is 4. The molecule has 0 amide bonds. The van der Waals surface area contributed by atoms with Gasteiger partial charge in [0.2, 0.25) is 0 Å². The summed E-state index contributed by atoms with van der Waals surface area (Å²) in [4.78, 5) is 0. The monoisotopic (exact) mass is 677 g/mol. The third-order valence-electron chi connectivity index (χ3n) is 11.6. The molecule has 2 aromatic heterocycles. The number of aromatic nitrogens is 1. The van der Waals surface area contributed by atoms with E-state index in [1.807, 2.05) is 6.07 Å². The fraction of sp³-hybridized carbons (Fsp3) is 0.0588. The number of hydrogen-bond acceptors (Lipinski definition) is 1. The molecule has 0 N–H and O–H groups in total. The second-order valence-corrected chi connectivity index (χ2v) is 15.0. The Morgan fingerprint density at radius 3 is 1.64 bits per heavy atom. The second-order valence-electron chi connectivity index (χ2n) is 15.0. The standard InChI is InChI=1S/C51H35NO/c1-51(2)45-29-37(20-23-39(45)41-31-50-44(30-46(41)51)40-18-9-10-19-49(40)53-50)34-16-11-17-38(26-34)52-47-24-21-35(32-12-5-3-6-13-32)27-42(47)43-28-36(22-25-48(43)52)33-14-7-4-8-15-33/h3-31H,1-2H3. The summed E-state index contributed by atoms with van der Waals surface area (Å²) in [7, 11) is 0. The van der Waals surface area contributed by atoms with Crippen LogP contribution in [0, 0.1) is 0 Å². The van der Waals surface area contributed by atoms with Crippen molar-refractivity contribution in [1.82, 2.24) is 4.57 Å². The lowest BCUT2D eigenvalue weighted by atomic mass is 9.81. The number of furan rings is 1. The molecule has 250 valence electrons. The van der Waals surface area contributed by atoms with Crippen LogP contribution in [0.5, 0.6) is 0 Å². The maximum Gasteiger partial charge on any atom is 0.136 e. The second kappa shape index (κ2) is 11.2. The minimum Gasteiger partial charge on any atom is -0.456 e. The molecule has 0 unspecified atom stereocenters. The Labute approximate surface area is 308 Å². The lowest BCUT2D eigenvalue weighted by Crippen LogP contribution is -2.15. The van der Waals surface area contributed by atoms with E-state index in [4.69, 9.17) is 4.42 Å². The smallest absolute Gasteiger partial charge is 0.136 e. The minimum absolute atomic E-state index is 0.148. The van der Waals surface area contributed by atoms with E-state index in [1.54, 1.807) is 0 Å². The van der Waals surface area contributed by atoms with Crippen LogP contribution in [-0.2, 0) is 5.41 Å². The quantitative estimate of drug-likeness (QED) is 0.181. The summed E-state index contributed by atoms with van der Waals surface area (Å²) in [5, 5.41) is 4.86. The molecule has 0 aliphatic heterocycles. The third kappa shape index (κ3) is 4.52. The summed E-state index contributed by atoms with van der Waals surface area (Å²) in [6.45, 7) is 4.72. The maximum atomic E-state index is 6.32. The molecule has 10 aromatic rings. The van der Waals surface area contributed by atoms with Gasteiger partial charge in [-0.1, -0.05) is 129 Å². The molecule has 1 aliphatic rings. The van der Waals surface area contributed by atoms with Gasteiger partial charge in [-0.05, 0) is 116 Å². The molecule has 1 aliphatic carbocycles. The molecular formula is C51H35NO. The zero-order valence-electron chi connectivity index (χ0n) is 29.6. The molecule has 2 nitrogen and oxygen atoms in total. The largest absolute Gasteiger partial charge is 0.456 e. The highest BCUT2D eigenvalue weighted by Gasteiger charge is 2.36. The van der Waals surface area contributed by atoms with Crippen molar-refractivity contribution in [2.24, 2.45) is 0 Å². The highest BCUT2D eigenvalue weighted by atomic mass is 16.3. The number of hydrogen-bond donors (Lipinski definition) is 0. The lowest BCUT2D eigenvalue weighted by molar-refractivity contribution is 0.658. The maximum absolute atomic E-state index is 6.32. The van der Waals surface area contributed by atoms with Crippen molar-refractivity contribution in [1.29, 1.82) is 0 Å². The van der Waals surface area contributed by atoms with Crippen LogP contribution >= 0.6 is 0 Å². The van der Waals surface area contributed by atoms with Crippen LogP contribution in [0.25, 0.3) is 93.9 Å². The first-order valence-electron chi connectivity index (χ1n) is 18.4. The molecule has 0 saturated carbocycles. The van der Waals surface area contributed by atoms with Crippen LogP contribution in [-0.4, -0.2) is 4.57 Å². The molecule has 0 fully saturated rings. The van der Waals surface area contributed by atoms with Crippen molar-refractivity contribution in [3.05, 3.63) is 187 Å². The molecule has 0 spiro atoms. The van der Waals surface area contributed by atoms with Crippen molar-refractivity contribution >= 4 is 43.7 Å². The molecule has 0 radical (unpaired) electrons. The first kappa shape index (κ1) is 30.0. The Balaban J connectivity index is 1.05. The van der Waals surface area contributed by atoms with Crippen LogP contribution in [0.2, 0.25) is 0 Å².